The third-order valence-corrected chi connectivity index (χ3v) is 15.2. The molecule has 5 N–H and O–H groups in total. The highest BCUT2D eigenvalue weighted by Gasteiger charge is 2.58. The van der Waals surface area contributed by atoms with Crippen LogP contribution in [0.25, 0.3) is 11.3 Å². The maximum atomic E-state index is 16.1. The Balaban J connectivity index is 1.18. The summed E-state index contributed by atoms with van der Waals surface area (Å²) in [6.45, 7) is 2.18. The molecule has 2 bridgehead atoms. The number of halogens is 10. The predicted molar refractivity (Wildman–Crippen MR) is 274 cm³/mol. The first kappa shape index (κ1) is 62.4. The number of hydrogen-bond donors (Lipinski definition) is 5. The molecule has 0 radical (unpaired) electrons. The summed E-state index contributed by atoms with van der Waals surface area (Å²) in [7, 11) is 1.60. The van der Waals surface area contributed by atoms with E-state index in [0.29, 0.717) is 81.3 Å². The van der Waals surface area contributed by atoms with Gasteiger partial charge in [0.05, 0.1) is 61.6 Å². The van der Waals surface area contributed by atoms with Crippen LogP contribution >= 0.6 is 0 Å². The fraction of sp³-hybridized carbons (Fsp3) is 0.519. The van der Waals surface area contributed by atoms with Crippen LogP contribution in [0.2, 0.25) is 0 Å². The first-order chi connectivity index (χ1) is 38.3. The number of aliphatic hydroxyl groups excluding tert-OH is 1. The van der Waals surface area contributed by atoms with Gasteiger partial charge in [-0.3, -0.25) is 19.9 Å². The Morgan fingerprint density at radius 3 is 1.82 bits per heavy atom. The van der Waals surface area contributed by atoms with Crippen molar-refractivity contribution in [3.05, 3.63) is 101 Å². The van der Waals surface area contributed by atoms with Crippen molar-refractivity contribution in [3.8, 4) is 23.1 Å². The summed E-state index contributed by atoms with van der Waals surface area (Å²) in [5, 5.41) is 22.1. The standard InChI is InChI=1S/C54H62F10N10O8/c1-50(2,53(59,60)61)43(67-48(78)80-6)45(76)66-40(20-31-11-8-30(9-12-31)10-13-32-14-17-42(65-23-32)71-24-34-15-16-35(25-71)74(34)52(5)28-82-29-52)41(75)27-72(70-46(77)44(68-49(79)81-7)51(3,4)54(62,63)64)26-36-37(55)21-33(22-38(36)56)39-18-19-73(69-39)47(57)58/h8-9,11-12,14,17-19,21-23,34-35,40-41,43-44,47,75H,15-16,20,24-29H2,1-7H3,(H,66,76)(H,67,78)(H,68,79)(H,70,77)/t34?,35?,40-,41-,43+,44+/m0/s1. The summed E-state index contributed by atoms with van der Waals surface area (Å²) in [6.07, 6.45) is -11.4. The molecule has 2 unspecified atom stereocenters. The molecule has 18 nitrogen and oxygen atoms in total. The molecule has 0 aliphatic carbocycles. The Morgan fingerprint density at radius 2 is 1.34 bits per heavy atom. The van der Waals surface area contributed by atoms with Gasteiger partial charge in [-0.05, 0) is 102 Å². The molecule has 28 heteroatoms. The molecule has 3 fully saturated rings. The van der Waals surface area contributed by atoms with Gasteiger partial charge in [-0.1, -0.05) is 24.0 Å². The van der Waals surface area contributed by atoms with Crippen LogP contribution in [0.1, 0.15) is 76.3 Å². The molecule has 3 saturated heterocycles. The van der Waals surface area contributed by atoms with Gasteiger partial charge in [0.15, 0.2) is 0 Å². The number of hydrazine groups is 1. The van der Waals surface area contributed by atoms with Crippen LogP contribution in [0.4, 0.5) is 59.3 Å². The quantitative estimate of drug-likeness (QED) is 0.0365. The number of aromatic nitrogens is 3. The lowest BCUT2D eigenvalue weighted by Gasteiger charge is -2.54. The number of nitrogens with one attached hydrogen (secondary N) is 4. The number of piperazine rings is 1. The molecule has 82 heavy (non-hydrogen) atoms. The molecule has 3 aliphatic heterocycles. The van der Waals surface area contributed by atoms with E-state index in [2.05, 4.69) is 53.4 Å². The van der Waals surface area contributed by atoms with E-state index in [9.17, 15) is 59.4 Å². The number of carbonyl (C=O) groups excluding carboxylic acids is 4. The van der Waals surface area contributed by atoms with Crippen LogP contribution in [0.3, 0.4) is 0 Å². The molecular formula is C54H62F10N10O8. The van der Waals surface area contributed by atoms with E-state index in [0.717, 1.165) is 58.2 Å². The number of alkyl carbamates (subject to hydrolysis) is 2. The summed E-state index contributed by atoms with van der Waals surface area (Å²) >= 11 is 0. The van der Waals surface area contributed by atoms with Gasteiger partial charge in [0.25, 0.3) is 5.91 Å². The van der Waals surface area contributed by atoms with Crippen molar-refractivity contribution < 1.29 is 82.4 Å². The number of nitrogens with zero attached hydrogens (tertiary/aromatic N) is 6. The number of pyridine rings is 1. The molecule has 6 atom stereocenters. The van der Waals surface area contributed by atoms with E-state index < -0.39 is 115 Å². The number of aliphatic hydroxyl groups is 1. The fourth-order valence-corrected chi connectivity index (χ4v) is 10.1. The molecule has 5 heterocycles. The maximum Gasteiger partial charge on any atom is 0.407 e. The van der Waals surface area contributed by atoms with Crippen molar-refractivity contribution in [2.45, 2.75) is 121 Å². The lowest BCUT2D eigenvalue weighted by atomic mass is 9.82. The number of rotatable bonds is 19. The van der Waals surface area contributed by atoms with Crippen LogP contribution in [0.15, 0.2) is 67.0 Å². The average Bonchev–Trinajstić information content (AvgIpc) is 4.05. The van der Waals surface area contributed by atoms with Gasteiger partial charge in [0.2, 0.25) is 5.91 Å². The SMILES string of the molecule is COC(=O)N[C@H](C(=O)N[C@@H](Cc1ccc(C#Cc2ccc(N3CC4CCC(C3)N4C3(C)COC3)nc2)cc1)[C@@H](O)CN(Cc1c(F)cc(-c2ccn(C(F)F)n2)cc1F)NC(=O)[C@@H](NC(=O)OC)C(C)(C)C(F)(F)F)C(C)(C)C(F)(F)F. The van der Waals surface area contributed by atoms with E-state index in [1.807, 2.05) is 22.9 Å². The zero-order valence-corrected chi connectivity index (χ0v) is 45.5. The predicted octanol–water partition coefficient (Wildman–Crippen LogP) is 7.01. The number of alkyl halides is 8. The van der Waals surface area contributed by atoms with Crippen LogP contribution in [0.5, 0.6) is 0 Å². The normalized spacial score (nSPS) is 18.8. The van der Waals surface area contributed by atoms with Crippen molar-refractivity contribution in [3.63, 3.8) is 0 Å². The highest BCUT2D eigenvalue weighted by molar-refractivity contribution is 5.87. The van der Waals surface area contributed by atoms with Gasteiger partial charge in [-0.25, -0.2) is 33.0 Å². The van der Waals surface area contributed by atoms with Crippen molar-refractivity contribution >= 4 is 29.8 Å². The fourth-order valence-electron chi connectivity index (χ4n) is 10.1. The van der Waals surface area contributed by atoms with Gasteiger partial charge in [0, 0.05) is 72.9 Å². The second kappa shape index (κ2) is 24.7. The van der Waals surface area contributed by atoms with Crippen molar-refractivity contribution in [1.29, 1.82) is 0 Å². The lowest BCUT2D eigenvalue weighted by Crippen LogP contribution is -2.68. The minimum atomic E-state index is -5.23. The second-order valence-electron chi connectivity index (χ2n) is 21.7. The Morgan fingerprint density at radius 1 is 0.805 bits per heavy atom. The van der Waals surface area contributed by atoms with E-state index in [1.165, 1.54) is 12.1 Å². The zero-order chi connectivity index (χ0) is 60.3. The molecule has 0 saturated carbocycles. The zero-order valence-electron chi connectivity index (χ0n) is 45.5. The van der Waals surface area contributed by atoms with E-state index in [-0.39, 0.29) is 27.0 Å². The monoisotopic (exact) mass is 1170 g/mol. The summed E-state index contributed by atoms with van der Waals surface area (Å²) in [4.78, 5) is 62.5. The van der Waals surface area contributed by atoms with E-state index in [1.54, 1.807) is 23.6 Å². The number of amides is 4. The van der Waals surface area contributed by atoms with Crippen LogP contribution in [-0.4, -0.2) is 155 Å². The van der Waals surface area contributed by atoms with Crippen LogP contribution in [0, 0.1) is 34.3 Å². The first-order valence-corrected chi connectivity index (χ1v) is 25.7. The molecule has 2 aromatic heterocycles. The third kappa shape index (κ3) is 14.0. The largest absolute Gasteiger partial charge is 0.453 e. The van der Waals surface area contributed by atoms with E-state index in [4.69, 9.17) is 4.74 Å². The molecule has 4 aromatic rings. The highest BCUT2D eigenvalue weighted by atomic mass is 19.4. The number of carbonyl (C=O) groups is 4. The van der Waals surface area contributed by atoms with Gasteiger partial charge in [-0.2, -0.15) is 40.2 Å². The number of anilines is 1. The number of ether oxygens (including phenoxy) is 3. The van der Waals surface area contributed by atoms with Crippen LogP contribution < -0.4 is 26.3 Å². The number of methoxy groups -OCH3 is 2. The van der Waals surface area contributed by atoms with Crippen molar-refractivity contribution in [2.75, 3.05) is 52.0 Å². The molecule has 7 rings (SSSR count). The summed E-state index contributed by atoms with van der Waals surface area (Å²) < 4.78 is 161. The smallest absolute Gasteiger partial charge is 0.407 e. The molecule has 4 amide bonds. The molecule has 3 aliphatic rings. The van der Waals surface area contributed by atoms with E-state index >= 15 is 8.78 Å². The Labute approximate surface area is 465 Å². The highest BCUT2D eigenvalue weighted by Crippen LogP contribution is 2.43. The summed E-state index contributed by atoms with van der Waals surface area (Å²) in [6, 6.07) is 6.11. The lowest BCUT2D eigenvalue weighted by molar-refractivity contribution is -0.221. The van der Waals surface area contributed by atoms with Crippen molar-refractivity contribution in [2.24, 2.45) is 10.8 Å². The molecule has 2 aromatic carbocycles. The third-order valence-electron chi connectivity index (χ3n) is 15.2. The Bertz CT molecular complexity index is 2960. The molecule has 446 valence electrons. The summed E-state index contributed by atoms with van der Waals surface area (Å²) in [5.41, 5.74) is -4.38. The Kier molecular flexibility index (Phi) is 18.8. The van der Waals surface area contributed by atoms with Crippen LogP contribution in [-0.2, 0) is 36.8 Å². The molecular weight excluding hydrogens is 1110 g/mol. The minimum absolute atomic E-state index is 0.0418. The first-order valence-electron chi connectivity index (χ1n) is 25.7. The number of benzene rings is 2. The topological polar surface area (TPSA) is 205 Å². The molecule has 0 spiro atoms. The summed E-state index contributed by atoms with van der Waals surface area (Å²) in [5.74, 6) is 0.788. The Hall–Kier alpha value is -7.22. The van der Waals surface area contributed by atoms with Crippen molar-refractivity contribution in [1.82, 2.24) is 46.0 Å². The second-order valence-corrected chi connectivity index (χ2v) is 21.7. The van der Waals surface area contributed by atoms with Gasteiger partial charge >= 0.3 is 31.1 Å². The maximum absolute atomic E-state index is 16.1. The average molecular weight is 1170 g/mol. The van der Waals surface area contributed by atoms with Gasteiger partial charge < -0.3 is 40.2 Å². The van der Waals surface area contributed by atoms with Gasteiger partial charge in [0.1, 0.15) is 29.5 Å². The number of fused-ring (bicyclic) bond motifs is 2. The van der Waals surface area contributed by atoms with Gasteiger partial charge in [-0.15, -0.1) is 0 Å². The minimum Gasteiger partial charge on any atom is -0.453 e. The number of hydrogen-bond acceptors (Lipinski definition) is 13.